The van der Waals surface area contributed by atoms with Crippen LogP contribution in [-0.4, -0.2) is 63.7 Å². The lowest BCUT2D eigenvalue weighted by Gasteiger charge is -2.28. The highest BCUT2D eigenvalue weighted by Crippen LogP contribution is 2.33. The number of H-pyrrole nitrogens is 1. The van der Waals surface area contributed by atoms with E-state index in [4.69, 9.17) is 0 Å². The average Bonchev–Trinajstić information content (AvgIpc) is 3.22. The van der Waals surface area contributed by atoms with Crippen molar-refractivity contribution in [3.05, 3.63) is 29.8 Å². The number of hydrogen-bond acceptors (Lipinski definition) is 6. The Morgan fingerprint density at radius 1 is 1.22 bits per heavy atom. The lowest BCUT2D eigenvalue weighted by atomic mass is 10.1. The molecule has 2 aromatic rings. The van der Waals surface area contributed by atoms with Gasteiger partial charge in [-0.3, -0.25) is 9.89 Å². The largest absolute Gasteiger partial charge is 0.335 e. The van der Waals surface area contributed by atoms with Gasteiger partial charge < -0.3 is 4.90 Å². The van der Waals surface area contributed by atoms with Crippen molar-refractivity contribution in [1.82, 2.24) is 20.1 Å². The summed E-state index contributed by atoms with van der Waals surface area (Å²) in [6.07, 6.45) is 2.48. The monoisotopic (exact) mass is 406 g/mol. The third-order valence-corrected chi connectivity index (χ3v) is 7.53. The highest BCUT2D eigenvalue weighted by Gasteiger charge is 2.41. The third-order valence-electron chi connectivity index (χ3n) is 4.94. The molecule has 1 saturated carbocycles. The van der Waals surface area contributed by atoms with Gasteiger partial charge in [0, 0.05) is 17.6 Å². The molecule has 2 aliphatic rings. The van der Waals surface area contributed by atoms with E-state index >= 15 is 0 Å². The van der Waals surface area contributed by atoms with Crippen LogP contribution in [0, 0.1) is 6.92 Å². The molecule has 1 amide bonds. The number of nitrogens with zero attached hydrogens (tertiary/aromatic N) is 3. The highest BCUT2D eigenvalue weighted by molar-refractivity contribution is 7.99. The minimum atomic E-state index is -3.01. The lowest BCUT2D eigenvalue weighted by molar-refractivity contribution is -0.130. The van der Waals surface area contributed by atoms with E-state index in [1.165, 1.54) is 17.3 Å². The zero-order valence-corrected chi connectivity index (χ0v) is 16.7. The van der Waals surface area contributed by atoms with E-state index in [0.717, 1.165) is 18.4 Å². The maximum atomic E-state index is 12.8. The van der Waals surface area contributed by atoms with E-state index in [1.807, 2.05) is 36.1 Å². The van der Waals surface area contributed by atoms with Crippen LogP contribution >= 0.6 is 11.8 Å². The fourth-order valence-electron chi connectivity index (χ4n) is 3.41. The molecule has 144 valence electrons. The summed E-state index contributed by atoms with van der Waals surface area (Å²) in [5.41, 5.74) is 2.12. The number of aromatic amines is 1. The van der Waals surface area contributed by atoms with E-state index < -0.39 is 9.84 Å². The van der Waals surface area contributed by atoms with Crippen LogP contribution < -0.4 is 0 Å². The van der Waals surface area contributed by atoms with Crippen LogP contribution in [0.2, 0.25) is 0 Å². The fraction of sp³-hybridized carbons (Fsp3) is 0.500. The SMILES string of the molecule is Cc1ccc(-c2nc(SCC(=O)N(C3CC3)[C@@H]3CCS(=O)(=O)C3)n[nH]2)cc1. The maximum absolute atomic E-state index is 12.8. The molecule has 7 nitrogen and oxygen atoms in total. The van der Waals surface area contributed by atoms with Gasteiger partial charge in [0.05, 0.1) is 17.3 Å². The zero-order chi connectivity index (χ0) is 19.0. The van der Waals surface area contributed by atoms with Crippen molar-refractivity contribution in [2.75, 3.05) is 17.3 Å². The molecule has 4 rings (SSSR count). The second kappa shape index (κ2) is 7.27. The van der Waals surface area contributed by atoms with Gasteiger partial charge in [-0.15, -0.1) is 5.10 Å². The maximum Gasteiger partial charge on any atom is 0.233 e. The van der Waals surface area contributed by atoms with Gasteiger partial charge in [-0.25, -0.2) is 13.4 Å². The van der Waals surface area contributed by atoms with Crippen molar-refractivity contribution < 1.29 is 13.2 Å². The first-order chi connectivity index (χ1) is 12.9. The summed E-state index contributed by atoms with van der Waals surface area (Å²) in [7, 11) is -3.01. The first-order valence-corrected chi connectivity index (χ1v) is 11.9. The number of amides is 1. The number of aryl methyl sites for hydroxylation is 1. The smallest absolute Gasteiger partial charge is 0.233 e. The molecule has 1 aliphatic carbocycles. The molecule has 9 heteroatoms. The Labute approximate surface area is 162 Å². The number of aromatic nitrogens is 3. The van der Waals surface area contributed by atoms with Crippen molar-refractivity contribution in [3.8, 4) is 11.4 Å². The van der Waals surface area contributed by atoms with E-state index in [0.29, 0.717) is 17.4 Å². The van der Waals surface area contributed by atoms with Crippen LogP contribution in [0.3, 0.4) is 0 Å². The summed E-state index contributed by atoms with van der Waals surface area (Å²) in [4.78, 5) is 19.0. The predicted octanol–water partition coefficient (Wildman–Crippen LogP) is 2.05. The minimum Gasteiger partial charge on any atom is -0.335 e. The average molecular weight is 407 g/mol. The summed E-state index contributed by atoms with van der Waals surface area (Å²) < 4.78 is 23.6. The van der Waals surface area contributed by atoms with Crippen LogP contribution in [0.4, 0.5) is 0 Å². The quantitative estimate of drug-likeness (QED) is 0.738. The standard InChI is InChI=1S/C18H22N4O3S2/c1-12-2-4-13(5-3-12)17-19-18(21-20-17)26-10-16(23)22(14-6-7-14)15-8-9-27(24,25)11-15/h2-5,14-15H,6-11H2,1H3,(H,19,20,21)/t15-/m1/s1. The predicted molar refractivity (Wildman–Crippen MR) is 104 cm³/mol. The Hall–Kier alpha value is -1.87. The van der Waals surface area contributed by atoms with E-state index in [1.54, 1.807) is 0 Å². The summed E-state index contributed by atoms with van der Waals surface area (Å²) in [5, 5.41) is 7.62. The van der Waals surface area contributed by atoms with Crippen molar-refractivity contribution in [2.24, 2.45) is 0 Å². The van der Waals surface area contributed by atoms with E-state index in [9.17, 15) is 13.2 Å². The number of sulfone groups is 1. The third kappa shape index (κ3) is 4.35. The summed E-state index contributed by atoms with van der Waals surface area (Å²) in [6.45, 7) is 2.03. The Morgan fingerprint density at radius 2 is 1.96 bits per heavy atom. The molecule has 2 heterocycles. The number of benzene rings is 1. The molecule has 27 heavy (non-hydrogen) atoms. The Kier molecular flexibility index (Phi) is 4.98. The van der Waals surface area contributed by atoms with Gasteiger partial charge in [0.25, 0.3) is 0 Å². The summed E-state index contributed by atoms with van der Waals surface area (Å²) in [6, 6.07) is 8.00. The molecule has 1 aromatic heterocycles. The molecule has 0 unspecified atom stereocenters. The molecular formula is C18H22N4O3S2. The van der Waals surface area contributed by atoms with Gasteiger partial charge in [0.1, 0.15) is 0 Å². The van der Waals surface area contributed by atoms with Crippen molar-refractivity contribution in [2.45, 2.75) is 43.4 Å². The van der Waals surface area contributed by atoms with Gasteiger partial charge >= 0.3 is 0 Å². The zero-order valence-electron chi connectivity index (χ0n) is 15.1. The van der Waals surface area contributed by atoms with Gasteiger partial charge in [0.15, 0.2) is 15.7 Å². The molecule has 2 fully saturated rings. The van der Waals surface area contributed by atoms with Crippen molar-refractivity contribution >= 4 is 27.5 Å². The number of hydrogen-bond donors (Lipinski definition) is 1. The highest BCUT2D eigenvalue weighted by atomic mass is 32.2. The van der Waals surface area contributed by atoms with E-state index in [-0.39, 0.29) is 35.2 Å². The molecule has 1 aromatic carbocycles. The summed E-state index contributed by atoms with van der Waals surface area (Å²) >= 11 is 1.29. The van der Waals surface area contributed by atoms with Crippen molar-refractivity contribution in [3.63, 3.8) is 0 Å². The molecule has 1 N–H and O–H groups in total. The molecule has 0 radical (unpaired) electrons. The van der Waals surface area contributed by atoms with Crippen LogP contribution in [0.1, 0.15) is 24.8 Å². The van der Waals surface area contributed by atoms with Crippen molar-refractivity contribution in [1.29, 1.82) is 0 Å². The first kappa shape index (κ1) is 18.5. The summed E-state index contributed by atoms with van der Waals surface area (Å²) in [5.74, 6) is 1.15. The molecule has 0 bridgehead atoms. The first-order valence-electron chi connectivity index (χ1n) is 9.05. The second-order valence-corrected chi connectivity index (χ2v) is 10.4. The van der Waals surface area contributed by atoms with Gasteiger partial charge in [-0.2, -0.15) is 0 Å². The molecular weight excluding hydrogens is 384 g/mol. The molecule has 1 aliphatic heterocycles. The topological polar surface area (TPSA) is 96.0 Å². The molecule has 0 spiro atoms. The van der Waals surface area contributed by atoms with Gasteiger partial charge in [0.2, 0.25) is 11.1 Å². The minimum absolute atomic E-state index is 0.0220. The number of nitrogens with one attached hydrogen (secondary N) is 1. The second-order valence-electron chi connectivity index (χ2n) is 7.21. The van der Waals surface area contributed by atoms with Crippen LogP contribution in [0.25, 0.3) is 11.4 Å². The Bertz CT molecular complexity index is 936. The molecule has 1 saturated heterocycles. The number of carbonyl (C=O) groups excluding carboxylic acids is 1. The molecule has 1 atom stereocenters. The van der Waals surface area contributed by atoms with Crippen LogP contribution in [-0.2, 0) is 14.6 Å². The van der Waals surface area contributed by atoms with Crippen LogP contribution in [0.5, 0.6) is 0 Å². The normalized spacial score (nSPS) is 21.3. The number of rotatable bonds is 6. The Balaban J connectivity index is 1.39. The number of carbonyl (C=O) groups is 1. The lowest BCUT2D eigenvalue weighted by Crippen LogP contribution is -2.43. The van der Waals surface area contributed by atoms with Gasteiger partial charge in [-0.1, -0.05) is 41.6 Å². The van der Waals surface area contributed by atoms with Crippen LogP contribution in [0.15, 0.2) is 29.4 Å². The van der Waals surface area contributed by atoms with E-state index in [2.05, 4.69) is 15.2 Å². The fourth-order valence-corrected chi connectivity index (χ4v) is 5.78. The number of thioether (sulfide) groups is 1. The Morgan fingerprint density at radius 3 is 2.59 bits per heavy atom. The van der Waals surface area contributed by atoms with Gasteiger partial charge in [-0.05, 0) is 26.2 Å².